The number of nitrogens with one attached hydrogen (secondary N) is 2. The van der Waals surface area contributed by atoms with Crippen molar-refractivity contribution in [3.8, 4) is 23.0 Å². The van der Waals surface area contributed by atoms with Gasteiger partial charge >= 0.3 is 0 Å². The van der Waals surface area contributed by atoms with Crippen molar-refractivity contribution in [3.05, 3.63) is 191 Å². The van der Waals surface area contributed by atoms with Gasteiger partial charge in [0.1, 0.15) is 34.1 Å². The van der Waals surface area contributed by atoms with E-state index in [1.165, 1.54) is 11.1 Å². The summed E-state index contributed by atoms with van der Waals surface area (Å²) in [5.74, 6) is 3.52. The summed E-state index contributed by atoms with van der Waals surface area (Å²) in [6.07, 6.45) is 0.888. The fourth-order valence-corrected chi connectivity index (χ4v) is 7.21. The molecule has 0 amide bonds. The van der Waals surface area contributed by atoms with E-state index >= 15 is 0 Å². The van der Waals surface area contributed by atoms with Crippen LogP contribution in [0, 0.1) is 0 Å². The van der Waals surface area contributed by atoms with E-state index in [4.69, 9.17) is 9.47 Å². The van der Waals surface area contributed by atoms with Crippen molar-refractivity contribution in [1.82, 2.24) is 10.6 Å². The minimum absolute atomic E-state index is 0.554. The topological polar surface area (TPSA) is 42.5 Å². The number of ether oxygens (including phenoxy) is 2. The summed E-state index contributed by atoms with van der Waals surface area (Å²) in [7, 11) is 0. The van der Waals surface area contributed by atoms with Gasteiger partial charge in [-0.3, -0.25) is 10.6 Å². The summed E-state index contributed by atoms with van der Waals surface area (Å²) in [6.45, 7) is 1.55. The van der Waals surface area contributed by atoms with E-state index in [2.05, 4.69) is 144 Å². The largest absolute Gasteiger partial charge is 0.457 e. The second-order valence-electron chi connectivity index (χ2n) is 11.6. The van der Waals surface area contributed by atoms with Crippen molar-refractivity contribution in [2.75, 3.05) is 13.1 Å². The van der Waals surface area contributed by atoms with E-state index in [-0.39, 0.29) is 0 Å². The van der Waals surface area contributed by atoms with E-state index in [0.29, 0.717) is 0 Å². The predicted molar refractivity (Wildman–Crippen MR) is 179 cm³/mol. The van der Waals surface area contributed by atoms with Gasteiger partial charge in [-0.25, -0.2) is 0 Å². The Kier molecular flexibility index (Phi) is 6.94. The van der Waals surface area contributed by atoms with Gasteiger partial charge < -0.3 is 9.47 Å². The quantitative estimate of drug-likeness (QED) is 0.175. The molecular weight excluding hydrogens is 552 g/mol. The molecule has 4 heteroatoms. The van der Waals surface area contributed by atoms with Crippen molar-refractivity contribution in [1.29, 1.82) is 0 Å². The van der Waals surface area contributed by atoms with Crippen LogP contribution in [-0.2, 0) is 11.1 Å². The molecule has 0 bridgehead atoms. The van der Waals surface area contributed by atoms with Crippen LogP contribution in [0.25, 0.3) is 0 Å². The SMILES string of the molecule is c1ccc(C2(NCCCNC3(c4ccccc4)c4ccccc4Oc4ccccc43)c3ccccc3Oc3ccccc32)cc1. The molecule has 4 nitrogen and oxygen atoms in total. The second-order valence-corrected chi connectivity index (χ2v) is 11.6. The zero-order chi connectivity index (χ0) is 30.1. The minimum atomic E-state index is -0.554. The van der Waals surface area contributed by atoms with E-state index in [9.17, 15) is 0 Å². The van der Waals surface area contributed by atoms with Gasteiger partial charge in [0.15, 0.2) is 0 Å². The van der Waals surface area contributed by atoms with Crippen molar-refractivity contribution in [2.24, 2.45) is 0 Å². The highest BCUT2D eigenvalue weighted by molar-refractivity contribution is 5.64. The Hall–Kier alpha value is -5.16. The van der Waals surface area contributed by atoms with Gasteiger partial charge in [0.2, 0.25) is 0 Å². The lowest BCUT2D eigenvalue weighted by molar-refractivity contribution is 0.360. The zero-order valence-corrected chi connectivity index (χ0v) is 24.9. The molecule has 0 saturated carbocycles. The maximum atomic E-state index is 6.43. The summed E-state index contributed by atoms with van der Waals surface area (Å²) < 4.78 is 12.9. The van der Waals surface area contributed by atoms with Gasteiger partial charge in [0.25, 0.3) is 0 Å². The maximum absolute atomic E-state index is 6.43. The van der Waals surface area contributed by atoms with Gasteiger partial charge in [0.05, 0.1) is 0 Å². The van der Waals surface area contributed by atoms with Crippen molar-refractivity contribution in [2.45, 2.75) is 17.5 Å². The molecule has 2 aliphatic rings. The van der Waals surface area contributed by atoms with Gasteiger partial charge in [0, 0.05) is 22.3 Å². The molecule has 0 radical (unpaired) electrons. The second kappa shape index (κ2) is 11.4. The smallest absolute Gasteiger partial charge is 0.133 e. The first kappa shape index (κ1) is 27.4. The molecule has 45 heavy (non-hydrogen) atoms. The average molecular weight is 587 g/mol. The van der Waals surface area contributed by atoms with Crippen molar-refractivity contribution >= 4 is 0 Å². The monoisotopic (exact) mass is 586 g/mol. The summed E-state index contributed by atoms with van der Waals surface area (Å²) in [5.41, 5.74) is 5.76. The van der Waals surface area contributed by atoms with E-state index in [0.717, 1.165) is 64.8 Å². The number of fused-ring (bicyclic) bond motifs is 4. The molecule has 0 unspecified atom stereocenters. The van der Waals surface area contributed by atoms with Crippen LogP contribution in [0.3, 0.4) is 0 Å². The van der Waals surface area contributed by atoms with E-state index in [1.807, 2.05) is 24.3 Å². The van der Waals surface area contributed by atoms with Crippen molar-refractivity contribution < 1.29 is 9.47 Å². The highest BCUT2D eigenvalue weighted by Gasteiger charge is 2.45. The summed E-state index contributed by atoms with van der Waals surface area (Å²) in [5, 5.41) is 8.09. The molecule has 0 spiro atoms. The van der Waals surface area contributed by atoms with E-state index in [1.54, 1.807) is 0 Å². The van der Waals surface area contributed by atoms with Gasteiger partial charge in [-0.1, -0.05) is 133 Å². The number of hydrogen-bond acceptors (Lipinski definition) is 4. The Morgan fingerprint density at radius 2 is 0.644 bits per heavy atom. The predicted octanol–water partition coefficient (Wildman–Crippen LogP) is 8.75. The van der Waals surface area contributed by atoms with Crippen LogP contribution in [0.4, 0.5) is 0 Å². The third-order valence-corrected chi connectivity index (χ3v) is 9.15. The van der Waals surface area contributed by atoms with E-state index < -0.39 is 11.1 Å². The molecule has 0 atom stereocenters. The van der Waals surface area contributed by atoms with Crippen LogP contribution in [0.15, 0.2) is 158 Å². The Balaban J connectivity index is 1.15. The molecule has 6 aromatic rings. The van der Waals surface area contributed by atoms with Gasteiger partial charge in [-0.05, 0) is 54.9 Å². The molecule has 2 N–H and O–H groups in total. The number of hydrogen-bond donors (Lipinski definition) is 2. The highest BCUT2D eigenvalue weighted by atomic mass is 16.5. The number of rotatable bonds is 8. The lowest BCUT2D eigenvalue weighted by atomic mass is 9.74. The fourth-order valence-electron chi connectivity index (χ4n) is 7.21. The van der Waals surface area contributed by atoms with Crippen LogP contribution >= 0.6 is 0 Å². The first-order valence-electron chi connectivity index (χ1n) is 15.7. The molecule has 0 saturated heterocycles. The molecule has 2 aliphatic heterocycles. The first-order chi connectivity index (χ1) is 22.3. The van der Waals surface area contributed by atoms with Crippen LogP contribution in [0.2, 0.25) is 0 Å². The normalized spacial score (nSPS) is 14.9. The Bertz CT molecular complexity index is 1720. The van der Waals surface area contributed by atoms with Gasteiger partial charge in [-0.15, -0.1) is 0 Å². The van der Waals surface area contributed by atoms with Crippen LogP contribution in [0.1, 0.15) is 39.8 Å². The zero-order valence-electron chi connectivity index (χ0n) is 24.9. The molecular formula is C41H34N2O2. The minimum Gasteiger partial charge on any atom is -0.457 e. The van der Waals surface area contributed by atoms with Crippen LogP contribution < -0.4 is 20.1 Å². The summed E-state index contributed by atoms with van der Waals surface area (Å²) >= 11 is 0. The molecule has 0 aromatic heterocycles. The molecule has 6 aromatic carbocycles. The average Bonchev–Trinajstić information content (AvgIpc) is 3.11. The Labute approximate surface area is 264 Å². The Morgan fingerprint density at radius 3 is 0.978 bits per heavy atom. The fraction of sp³-hybridized carbons (Fsp3) is 0.122. The third kappa shape index (κ3) is 4.45. The lowest BCUT2D eigenvalue weighted by Gasteiger charge is -2.42. The Morgan fingerprint density at radius 1 is 0.356 bits per heavy atom. The molecule has 2 heterocycles. The number of para-hydroxylation sites is 4. The van der Waals surface area contributed by atoms with Gasteiger partial charge in [-0.2, -0.15) is 0 Å². The first-order valence-corrected chi connectivity index (χ1v) is 15.7. The molecule has 0 fully saturated rings. The maximum Gasteiger partial charge on any atom is 0.133 e. The third-order valence-electron chi connectivity index (χ3n) is 9.15. The van der Waals surface area contributed by atoms with Crippen LogP contribution in [0.5, 0.6) is 23.0 Å². The molecule has 8 rings (SSSR count). The highest BCUT2D eigenvalue weighted by Crippen LogP contribution is 2.51. The van der Waals surface area contributed by atoms with Crippen molar-refractivity contribution in [3.63, 3.8) is 0 Å². The lowest BCUT2D eigenvalue weighted by Crippen LogP contribution is -2.49. The summed E-state index contributed by atoms with van der Waals surface area (Å²) in [4.78, 5) is 0. The standard InChI is InChI=1S/C41H34N2O2/c1-3-16-30(17-4-1)40(32-20-7-11-24-36(32)44-37-25-12-8-21-33(37)40)42-28-15-29-43-41(31-18-5-2-6-19-31)34-22-9-13-26-38(34)45-39-27-14-10-23-35(39)41/h1-14,16-27,42-43H,15,28-29H2. The molecule has 220 valence electrons. The number of benzene rings is 6. The molecule has 0 aliphatic carbocycles. The van der Waals surface area contributed by atoms with Crippen LogP contribution in [-0.4, -0.2) is 13.1 Å². The summed E-state index contributed by atoms with van der Waals surface area (Å²) in [6, 6.07) is 55.0.